The van der Waals surface area contributed by atoms with E-state index >= 15 is 0 Å². The first kappa shape index (κ1) is 13.7. The summed E-state index contributed by atoms with van der Waals surface area (Å²) in [5.74, 6) is -0.766. The Morgan fingerprint density at radius 2 is 1.79 bits per heavy atom. The molecule has 0 unspecified atom stereocenters. The number of anilines is 1. The van der Waals surface area contributed by atoms with Crippen LogP contribution in [-0.2, 0) is 0 Å². The molecule has 2 nitrogen and oxygen atoms in total. The largest absolute Gasteiger partial charge is 0.322 e. The van der Waals surface area contributed by atoms with Crippen molar-refractivity contribution in [3.8, 4) is 0 Å². The molecule has 0 aromatic heterocycles. The summed E-state index contributed by atoms with van der Waals surface area (Å²) in [6.45, 7) is 3.84. The summed E-state index contributed by atoms with van der Waals surface area (Å²) in [5, 5.41) is 2.82. The SMILES string of the molecule is Cc1cccc(C)c1NC(=O)c1ccc(Br)c(F)c1. The fourth-order valence-electron chi connectivity index (χ4n) is 1.83. The quantitative estimate of drug-likeness (QED) is 0.869. The molecule has 0 spiro atoms. The number of hydrogen-bond acceptors (Lipinski definition) is 1. The van der Waals surface area contributed by atoms with Gasteiger partial charge in [0.1, 0.15) is 5.82 Å². The fraction of sp³-hybridized carbons (Fsp3) is 0.133. The standard InChI is InChI=1S/C15H13BrFNO/c1-9-4-3-5-10(2)14(9)18-15(19)11-6-7-12(16)13(17)8-11/h3-8H,1-2H3,(H,18,19). The first-order valence-corrected chi connectivity index (χ1v) is 6.61. The normalized spacial score (nSPS) is 10.3. The third-order valence-corrected chi connectivity index (χ3v) is 3.54. The summed E-state index contributed by atoms with van der Waals surface area (Å²) in [7, 11) is 0. The summed E-state index contributed by atoms with van der Waals surface area (Å²) >= 11 is 3.06. The van der Waals surface area contributed by atoms with E-state index in [-0.39, 0.29) is 5.91 Å². The highest BCUT2D eigenvalue weighted by atomic mass is 79.9. The lowest BCUT2D eigenvalue weighted by Gasteiger charge is -2.11. The molecule has 0 aliphatic carbocycles. The molecule has 0 radical (unpaired) electrons. The monoisotopic (exact) mass is 321 g/mol. The molecule has 0 bridgehead atoms. The van der Waals surface area contributed by atoms with Crippen LogP contribution in [0.5, 0.6) is 0 Å². The van der Waals surface area contributed by atoms with E-state index in [0.717, 1.165) is 16.8 Å². The van der Waals surface area contributed by atoms with Crippen molar-refractivity contribution in [3.05, 3.63) is 63.4 Å². The Morgan fingerprint density at radius 3 is 2.37 bits per heavy atom. The molecule has 1 amide bonds. The maximum Gasteiger partial charge on any atom is 0.255 e. The lowest BCUT2D eigenvalue weighted by atomic mass is 10.1. The highest BCUT2D eigenvalue weighted by Gasteiger charge is 2.11. The van der Waals surface area contributed by atoms with Gasteiger partial charge in [0, 0.05) is 11.3 Å². The molecule has 0 saturated heterocycles. The number of amides is 1. The van der Waals surface area contributed by atoms with E-state index in [1.54, 1.807) is 6.07 Å². The van der Waals surface area contributed by atoms with Gasteiger partial charge in [0.05, 0.1) is 4.47 Å². The molecule has 0 atom stereocenters. The van der Waals surface area contributed by atoms with Crippen LogP contribution in [0, 0.1) is 19.7 Å². The Hall–Kier alpha value is -1.68. The summed E-state index contributed by atoms with van der Waals surface area (Å²) in [6.07, 6.45) is 0. The second-order valence-corrected chi connectivity index (χ2v) is 5.20. The molecule has 2 aromatic carbocycles. The van der Waals surface area contributed by atoms with Crippen LogP contribution in [0.3, 0.4) is 0 Å². The molecular weight excluding hydrogens is 309 g/mol. The van der Waals surface area contributed by atoms with Crippen LogP contribution in [0.1, 0.15) is 21.5 Å². The molecule has 1 N–H and O–H groups in total. The lowest BCUT2D eigenvalue weighted by molar-refractivity contribution is 0.102. The van der Waals surface area contributed by atoms with Crippen LogP contribution in [-0.4, -0.2) is 5.91 Å². The highest BCUT2D eigenvalue weighted by Crippen LogP contribution is 2.21. The summed E-state index contributed by atoms with van der Waals surface area (Å²) in [6, 6.07) is 10.1. The average Bonchev–Trinajstić information content (AvgIpc) is 2.37. The van der Waals surface area contributed by atoms with Gasteiger partial charge in [-0.25, -0.2) is 4.39 Å². The number of hydrogen-bond donors (Lipinski definition) is 1. The van der Waals surface area contributed by atoms with Crippen molar-refractivity contribution in [3.63, 3.8) is 0 Å². The molecule has 4 heteroatoms. The van der Waals surface area contributed by atoms with Crippen molar-refractivity contribution in [2.75, 3.05) is 5.32 Å². The zero-order chi connectivity index (χ0) is 14.0. The number of carbonyl (C=O) groups is 1. The average molecular weight is 322 g/mol. The summed E-state index contributed by atoms with van der Waals surface area (Å²) in [4.78, 5) is 12.1. The molecule has 0 aliphatic rings. The number of benzene rings is 2. The predicted octanol–water partition coefficient (Wildman–Crippen LogP) is 4.46. The Bertz CT molecular complexity index is 620. The van der Waals surface area contributed by atoms with Crippen LogP contribution in [0.15, 0.2) is 40.9 Å². The van der Waals surface area contributed by atoms with E-state index in [9.17, 15) is 9.18 Å². The minimum atomic E-state index is -0.450. The topological polar surface area (TPSA) is 29.1 Å². The van der Waals surface area contributed by atoms with Crippen LogP contribution in [0.4, 0.5) is 10.1 Å². The van der Waals surface area contributed by atoms with Gasteiger partial charge >= 0.3 is 0 Å². The Labute approximate surface area is 119 Å². The molecule has 19 heavy (non-hydrogen) atoms. The third kappa shape index (κ3) is 3.01. The van der Waals surface area contributed by atoms with Crippen LogP contribution in [0.2, 0.25) is 0 Å². The van der Waals surface area contributed by atoms with Crippen LogP contribution >= 0.6 is 15.9 Å². The maximum absolute atomic E-state index is 13.4. The molecule has 0 fully saturated rings. The van der Waals surface area contributed by atoms with Gasteiger partial charge in [0.15, 0.2) is 0 Å². The lowest BCUT2D eigenvalue weighted by Crippen LogP contribution is -2.14. The van der Waals surface area contributed by atoms with Gasteiger partial charge in [-0.15, -0.1) is 0 Å². The first-order valence-electron chi connectivity index (χ1n) is 5.81. The predicted molar refractivity (Wildman–Crippen MR) is 78.0 cm³/mol. The van der Waals surface area contributed by atoms with Gasteiger partial charge < -0.3 is 5.32 Å². The number of para-hydroxylation sites is 1. The maximum atomic E-state index is 13.4. The molecule has 0 aliphatic heterocycles. The molecule has 2 aromatic rings. The molecule has 2 rings (SSSR count). The van der Waals surface area contributed by atoms with Crippen molar-refractivity contribution in [2.45, 2.75) is 13.8 Å². The van der Waals surface area contributed by atoms with E-state index in [1.165, 1.54) is 12.1 Å². The number of nitrogens with one attached hydrogen (secondary N) is 1. The van der Waals surface area contributed by atoms with Gasteiger partial charge in [0.25, 0.3) is 5.91 Å². The van der Waals surface area contributed by atoms with Crippen LogP contribution < -0.4 is 5.32 Å². The van der Waals surface area contributed by atoms with Crippen molar-refractivity contribution in [1.82, 2.24) is 0 Å². The van der Waals surface area contributed by atoms with Gasteiger partial charge in [-0.1, -0.05) is 18.2 Å². The van der Waals surface area contributed by atoms with Crippen molar-refractivity contribution >= 4 is 27.5 Å². The van der Waals surface area contributed by atoms with Crippen molar-refractivity contribution in [1.29, 1.82) is 0 Å². The van der Waals surface area contributed by atoms with Gasteiger partial charge in [-0.2, -0.15) is 0 Å². The molecule has 0 saturated carbocycles. The van der Waals surface area contributed by atoms with Gasteiger partial charge in [-0.3, -0.25) is 4.79 Å². The summed E-state index contributed by atoms with van der Waals surface area (Å²) in [5.41, 5.74) is 3.02. The minimum Gasteiger partial charge on any atom is -0.322 e. The highest BCUT2D eigenvalue weighted by molar-refractivity contribution is 9.10. The van der Waals surface area contributed by atoms with E-state index in [2.05, 4.69) is 21.2 Å². The Morgan fingerprint density at radius 1 is 1.16 bits per heavy atom. The number of rotatable bonds is 2. The minimum absolute atomic E-state index is 0.295. The second-order valence-electron chi connectivity index (χ2n) is 4.35. The van der Waals surface area contributed by atoms with Gasteiger partial charge in [0.2, 0.25) is 0 Å². The van der Waals surface area contributed by atoms with Crippen LogP contribution in [0.25, 0.3) is 0 Å². The van der Waals surface area contributed by atoms with E-state index in [1.807, 2.05) is 32.0 Å². The zero-order valence-electron chi connectivity index (χ0n) is 10.6. The van der Waals surface area contributed by atoms with Crippen molar-refractivity contribution in [2.24, 2.45) is 0 Å². The zero-order valence-corrected chi connectivity index (χ0v) is 12.2. The Balaban J connectivity index is 2.28. The Kier molecular flexibility index (Phi) is 4.00. The van der Waals surface area contributed by atoms with E-state index < -0.39 is 5.82 Å². The first-order chi connectivity index (χ1) is 8.99. The van der Waals surface area contributed by atoms with E-state index in [4.69, 9.17) is 0 Å². The smallest absolute Gasteiger partial charge is 0.255 e. The molecular formula is C15H13BrFNO. The van der Waals surface area contributed by atoms with Gasteiger partial charge in [-0.05, 0) is 59.1 Å². The number of carbonyl (C=O) groups excluding carboxylic acids is 1. The number of halogens is 2. The molecule has 98 valence electrons. The second kappa shape index (κ2) is 5.53. The number of aryl methyl sites for hydroxylation is 2. The van der Waals surface area contributed by atoms with Crippen molar-refractivity contribution < 1.29 is 9.18 Å². The fourth-order valence-corrected chi connectivity index (χ4v) is 2.08. The molecule has 0 heterocycles. The van der Waals surface area contributed by atoms with E-state index in [0.29, 0.717) is 10.0 Å². The summed E-state index contributed by atoms with van der Waals surface area (Å²) < 4.78 is 13.8. The third-order valence-electron chi connectivity index (χ3n) is 2.90.